The van der Waals surface area contributed by atoms with Crippen LogP contribution in [0.5, 0.6) is 0 Å². The number of rotatable bonds is 2. The number of nitrogens with zero attached hydrogens (tertiary/aromatic N) is 2. The average Bonchev–Trinajstić information content (AvgIpc) is 3.66. The molecule has 0 amide bonds. The van der Waals surface area contributed by atoms with E-state index in [9.17, 15) is 4.79 Å². The van der Waals surface area contributed by atoms with Crippen molar-refractivity contribution >= 4 is 81.6 Å². The molecule has 1 aliphatic rings. The van der Waals surface area contributed by atoms with E-state index in [0.29, 0.717) is 0 Å². The van der Waals surface area contributed by atoms with Gasteiger partial charge in [-0.3, -0.25) is 0 Å². The van der Waals surface area contributed by atoms with Crippen molar-refractivity contribution in [3.8, 4) is 11.4 Å². The molecular formula is C45H28N2OTe. The molecule has 1 aliphatic carbocycles. The third-order valence-electron chi connectivity index (χ3n) is 10.6. The van der Waals surface area contributed by atoms with Gasteiger partial charge in [0.1, 0.15) is 0 Å². The monoisotopic (exact) mass is 742 g/mol. The second-order valence-electron chi connectivity index (χ2n) is 13.2. The Bertz CT molecular complexity index is 2980. The molecular weight excluding hydrogens is 712 g/mol. The van der Waals surface area contributed by atoms with Crippen LogP contribution in [0.15, 0.2) is 150 Å². The first-order valence-corrected chi connectivity index (χ1v) is 19.1. The van der Waals surface area contributed by atoms with Crippen molar-refractivity contribution in [3.05, 3.63) is 178 Å². The predicted molar refractivity (Wildman–Crippen MR) is 205 cm³/mol. The molecule has 0 saturated carbocycles. The summed E-state index contributed by atoms with van der Waals surface area (Å²) >= 11 is -0.769. The number of aromatic nitrogens is 2. The van der Waals surface area contributed by atoms with E-state index in [1.807, 2.05) is 0 Å². The SMILES string of the molecule is O=c1c2ccc(-n3c4ccccc4c4ccccc43)cc2[te]c2cc3c(cc12)Cc1c(cccc1-n1c2ccccc2c2ccccc21)C3. The van der Waals surface area contributed by atoms with E-state index < -0.39 is 20.4 Å². The molecule has 7 aromatic carbocycles. The molecule has 4 heteroatoms. The zero-order valence-corrected chi connectivity index (χ0v) is 28.8. The third-order valence-corrected chi connectivity index (χ3v) is 13.8. The molecule has 0 bridgehead atoms. The van der Waals surface area contributed by atoms with Crippen molar-refractivity contribution in [2.75, 3.05) is 0 Å². The molecule has 3 heterocycles. The molecule has 0 N–H and O–H groups in total. The Labute approximate surface area is 291 Å². The van der Waals surface area contributed by atoms with Crippen molar-refractivity contribution in [2.45, 2.75) is 12.8 Å². The summed E-state index contributed by atoms with van der Waals surface area (Å²) in [7, 11) is 0. The Morgan fingerprint density at radius 2 is 0.980 bits per heavy atom. The van der Waals surface area contributed by atoms with E-state index >= 15 is 0 Å². The van der Waals surface area contributed by atoms with Crippen molar-refractivity contribution in [1.82, 2.24) is 9.13 Å². The van der Waals surface area contributed by atoms with Crippen LogP contribution in [0.2, 0.25) is 0 Å². The maximum atomic E-state index is 14.2. The molecule has 49 heavy (non-hydrogen) atoms. The molecule has 3 nitrogen and oxygen atoms in total. The summed E-state index contributed by atoms with van der Waals surface area (Å²) in [6.07, 6.45) is 1.71. The minimum absolute atomic E-state index is 0.166. The van der Waals surface area contributed by atoms with Gasteiger partial charge in [-0.2, -0.15) is 0 Å². The first-order chi connectivity index (χ1) is 24.2. The van der Waals surface area contributed by atoms with Crippen molar-refractivity contribution in [3.63, 3.8) is 0 Å². The number of para-hydroxylation sites is 4. The van der Waals surface area contributed by atoms with E-state index in [4.69, 9.17) is 0 Å². The second-order valence-corrected chi connectivity index (χ2v) is 16.3. The van der Waals surface area contributed by atoms with Gasteiger partial charge in [0.2, 0.25) is 0 Å². The van der Waals surface area contributed by atoms with Crippen molar-refractivity contribution in [1.29, 1.82) is 0 Å². The van der Waals surface area contributed by atoms with Crippen LogP contribution in [0.3, 0.4) is 0 Å². The van der Waals surface area contributed by atoms with Crippen LogP contribution in [0.1, 0.15) is 22.3 Å². The van der Waals surface area contributed by atoms with Crippen LogP contribution in [0, 0.1) is 0 Å². The van der Waals surface area contributed by atoms with Crippen LogP contribution in [-0.2, 0) is 12.8 Å². The minimum atomic E-state index is -0.769. The number of hydrogen-bond donors (Lipinski definition) is 0. The maximum absolute atomic E-state index is 14.2. The Kier molecular flexibility index (Phi) is 5.79. The summed E-state index contributed by atoms with van der Waals surface area (Å²) in [4.78, 5) is 14.2. The van der Waals surface area contributed by atoms with Gasteiger partial charge in [-0.25, -0.2) is 0 Å². The van der Waals surface area contributed by atoms with E-state index in [1.54, 1.807) is 0 Å². The molecule has 0 atom stereocenters. The van der Waals surface area contributed by atoms with Gasteiger partial charge in [0.25, 0.3) is 0 Å². The molecule has 0 radical (unpaired) electrons. The Morgan fingerprint density at radius 1 is 0.429 bits per heavy atom. The van der Waals surface area contributed by atoms with Crippen molar-refractivity contribution in [2.24, 2.45) is 0 Å². The Balaban J connectivity index is 1.07. The van der Waals surface area contributed by atoms with Gasteiger partial charge in [-0.05, 0) is 0 Å². The summed E-state index contributed by atoms with van der Waals surface area (Å²) in [5, 5.41) is 6.84. The third kappa shape index (κ3) is 3.93. The first-order valence-electron chi connectivity index (χ1n) is 16.8. The van der Waals surface area contributed by atoms with Gasteiger partial charge in [-0.1, -0.05) is 0 Å². The van der Waals surface area contributed by atoms with E-state index in [0.717, 1.165) is 29.3 Å². The molecule has 0 saturated heterocycles. The van der Waals surface area contributed by atoms with Gasteiger partial charge in [-0.15, -0.1) is 0 Å². The molecule has 10 aromatic rings. The summed E-state index contributed by atoms with van der Waals surface area (Å²) in [6.45, 7) is 0. The normalized spacial score (nSPS) is 12.8. The number of hydrogen-bond acceptors (Lipinski definition) is 1. The molecule has 0 fully saturated rings. The van der Waals surface area contributed by atoms with Gasteiger partial charge < -0.3 is 0 Å². The van der Waals surface area contributed by atoms with Gasteiger partial charge in [0.15, 0.2) is 0 Å². The topological polar surface area (TPSA) is 26.9 Å². The van der Waals surface area contributed by atoms with Crippen LogP contribution in [-0.4, -0.2) is 29.6 Å². The zero-order chi connectivity index (χ0) is 32.2. The fourth-order valence-corrected chi connectivity index (χ4v) is 11.7. The quantitative estimate of drug-likeness (QED) is 0.128. The molecule has 230 valence electrons. The number of fused-ring (bicyclic) bond motifs is 10. The van der Waals surface area contributed by atoms with Gasteiger partial charge in [0.05, 0.1) is 0 Å². The molecule has 0 aliphatic heterocycles. The van der Waals surface area contributed by atoms with Crippen LogP contribution < -0.4 is 5.43 Å². The molecule has 11 rings (SSSR count). The molecule has 0 unspecified atom stereocenters. The second kappa shape index (κ2) is 10.3. The van der Waals surface area contributed by atoms with E-state index in [-0.39, 0.29) is 5.43 Å². The Morgan fingerprint density at radius 3 is 1.61 bits per heavy atom. The number of benzene rings is 7. The summed E-state index contributed by atoms with van der Waals surface area (Å²) < 4.78 is 7.29. The molecule has 0 spiro atoms. The fraction of sp³-hybridized carbons (Fsp3) is 0.0444. The Hall–Kier alpha value is -5.40. The fourth-order valence-electron chi connectivity index (χ4n) is 8.42. The summed E-state index contributed by atoms with van der Waals surface area (Å²) in [5.41, 5.74) is 12.8. The molecule has 3 aromatic heterocycles. The van der Waals surface area contributed by atoms with Crippen LogP contribution in [0.25, 0.3) is 72.6 Å². The van der Waals surface area contributed by atoms with Crippen LogP contribution in [0.4, 0.5) is 0 Å². The zero-order valence-electron chi connectivity index (χ0n) is 26.5. The van der Waals surface area contributed by atoms with Crippen molar-refractivity contribution < 1.29 is 0 Å². The van der Waals surface area contributed by atoms with Gasteiger partial charge in [0, 0.05) is 0 Å². The van der Waals surface area contributed by atoms with Gasteiger partial charge >= 0.3 is 293 Å². The first kappa shape index (κ1) is 27.5. The van der Waals surface area contributed by atoms with Crippen LogP contribution >= 0.6 is 0 Å². The summed E-state index contributed by atoms with van der Waals surface area (Å²) in [6, 6.07) is 52.6. The predicted octanol–water partition coefficient (Wildman–Crippen LogP) is 10.1. The standard InChI is InChI=1S/C45H28N2OTe/c48-45-35-21-20-30(46-38-15-5-1-11-31(38)32-12-2-6-16-39(32)46)26-44(35)49-43-25-28-22-27-10-9-19-42(36(27)23-29(28)24-37(43)45)47-40-17-7-3-13-33(40)34-14-4-8-18-41(34)47/h1-21,24-26H,22-23H2. The summed E-state index contributed by atoms with van der Waals surface area (Å²) in [5.74, 6) is 0. The average molecular weight is 740 g/mol. The van der Waals surface area contributed by atoms with E-state index in [1.165, 1.54) is 78.4 Å². The van der Waals surface area contributed by atoms with E-state index in [2.05, 4.69) is 155 Å².